The van der Waals surface area contributed by atoms with Crippen LogP contribution in [0.3, 0.4) is 0 Å². The summed E-state index contributed by atoms with van der Waals surface area (Å²) in [6.45, 7) is 2.62. The van der Waals surface area contributed by atoms with Crippen LogP contribution in [0.1, 0.15) is 30.1 Å². The summed E-state index contributed by atoms with van der Waals surface area (Å²) in [7, 11) is 0. The van der Waals surface area contributed by atoms with E-state index in [9.17, 15) is 0 Å². The van der Waals surface area contributed by atoms with Crippen LogP contribution in [0, 0.1) is 0 Å². The van der Waals surface area contributed by atoms with Gasteiger partial charge in [-0.05, 0) is 18.6 Å². The van der Waals surface area contributed by atoms with Gasteiger partial charge in [0.1, 0.15) is 0 Å². The third-order valence-electron chi connectivity index (χ3n) is 3.42. The summed E-state index contributed by atoms with van der Waals surface area (Å²) in [6, 6.07) is 3.77. The van der Waals surface area contributed by atoms with Crippen molar-refractivity contribution >= 4 is 23.5 Å². The van der Waals surface area contributed by atoms with E-state index in [1.54, 1.807) is 6.20 Å². The second-order valence-corrected chi connectivity index (χ2v) is 7.40. The first-order chi connectivity index (χ1) is 10.3. The van der Waals surface area contributed by atoms with Gasteiger partial charge >= 0.3 is 0 Å². The monoisotopic (exact) mass is 322 g/mol. The molecule has 5 nitrogen and oxygen atoms in total. The lowest BCUT2D eigenvalue weighted by Gasteiger charge is -2.27. The molecular weight excluding hydrogens is 304 g/mol. The Balaban J connectivity index is 1.85. The molecule has 3 rings (SSSR count). The summed E-state index contributed by atoms with van der Waals surface area (Å²) < 4.78 is 5.44. The molecule has 7 heteroatoms. The Kier molecular flexibility index (Phi) is 4.82. The molecule has 0 saturated carbocycles. The van der Waals surface area contributed by atoms with Gasteiger partial charge in [-0.1, -0.05) is 12.1 Å². The van der Waals surface area contributed by atoms with Crippen molar-refractivity contribution in [3.8, 4) is 11.5 Å². The number of nitrogens with two attached hydrogens (primary N) is 1. The predicted octanol–water partition coefficient (Wildman–Crippen LogP) is 2.89. The Morgan fingerprint density at radius 2 is 2.24 bits per heavy atom. The lowest BCUT2D eigenvalue weighted by molar-refractivity contribution is 0.421. The number of pyridine rings is 1. The number of aromatic nitrogens is 3. The smallest absolute Gasteiger partial charge is 0.258 e. The van der Waals surface area contributed by atoms with Crippen molar-refractivity contribution in [3.05, 3.63) is 29.8 Å². The summed E-state index contributed by atoms with van der Waals surface area (Å²) in [4.78, 5) is 8.78. The Bertz CT molecular complexity index is 604. The molecule has 1 saturated heterocycles. The van der Waals surface area contributed by atoms with Crippen molar-refractivity contribution in [3.63, 3.8) is 0 Å². The van der Waals surface area contributed by atoms with Crippen LogP contribution in [0.15, 0.2) is 22.9 Å². The van der Waals surface area contributed by atoms with Gasteiger partial charge in [0, 0.05) is 35.1 Å². The summed E-state index contributed by atoms with van der Waals surface area (Å²) in [5.74, 6) is 3.70. The Morgan fingerprint density at radius 3 is 3.05 bits per heavy atom. The second kappa shape index (κ2) is 6.81. The highest BCUT2D eigenvalue weighted by atomic mass is 32.2. The van der Waals surface area contributed by atoms with Gasteiger partial charge in [-0.15, -0.1) is 11.8 Å². The number of hydrogen-bond acceptors (Lipinski definition) is 7. The van der Waals surface area contributed by atoms with Crippen molar-refractivity contribution in [2.45, 2.75) is 30.4 Å². The van der Waals surface area contributed by atoms with Gasteiger partial charge in [-0.2, -0.15) is 16.7 Å². The summed E-state index contributed by atoms with van der Waals surface area (Å²) in [5.41, 5.74) is 7.32. The predicted molar refractivity (Wildman–Crippen MR) is 87.2 cm³/mol. The average Bonchev–Trinajstić information content (AvgIpc) is 3.04. The van der Waals surface area contributed by atoms with Crippen LogP contribution in [-0.2, 0) is 6.54 Å². The lowest BCUT2D eigenvalue weighted by atomic mass is 10.2. The van der Waals surface area contributed by atoms with E-state index in [0.29, 0.717) is 22.9 Å². The summed E-state index contributed by atoms with van der Waals surface area (Å²) in [5, 5.41) is 5.08. The number of rotatable bonds is 4. The normalized spacial score (nSPS) is 22.4. The number of hydrogen-bond donors (Lipinski definition) is 1. The molecule has 2 unspecified atom stereocenters. The van der Waals surface area contributed by atoms with Gasteiger partial charge in [0.05, 0.1) is 10.9 Å². The highest BCUT2D eigenvalue weighted by molar-refractivity contribution is 8.06. The molecule has 21 heavy (non-hydrogen) atoms. The average molecular weight is 322 g/mol. The van der Waals surface area contributed by atoms with E-state index in [1.165, 1.54) is 5.75 Å². The highest BCUT2D eigenvalue weighted by Crippen LogP contribution is 2.43. The lowest BCUT2D eigenvalue weighted by Crippen LogP contribution is -2.19. The first kappa shape index (κ1) is 14.9. The Labute approximate surface area is 132 Å². The van der Waals surface area contributed by atoms with Crippen LogP contribution in [-0.4, -0.2) is 31.9 Å². The molecule has 0 radical (unpaired) electrons. The van der Waals surface area contributed by atoms with Crippen LogP contribution < -0.4 is 5.73 Å². The highest BCUT2D eigenvalue weighted by Gasteiger charge is 2.30. The fourth-order valence-electron chi connectivity index (χ4n) is 2.33. The first-order valence-electron chi connectivity index (χ1n) is 7.04. The molecule has 1 aliphatic heterocycles. The second-order valence-electron chi connectivity index (χ2n) is 4.81. The van der Waals surface area contributed by atoms with Crippen molar-refractivity contribution in [1.82, 2.24) is 15.1 Å². The van der Waals surface area contributed by atoms with Gasteiger partial charge < -0.3 is 10.3 Å². The molecule has 0 bridgehead atoms. The van der Waals surface area contributed by atoms with E-state index < -0.39 is 0 Å². The fraction of sp³-hybridized carbons (Fsp3) is 0.500. The summed E-state index contributed by atoms with van der Waals surface area (Å²) in [6.07, 6.45) is 2.85. The van der Waals surface area contributed by atoms with Crippen molar-refractivity contribution in [2.24, 2.45) is 5.73 Å². The Morgan fingerprint density at radius 1 is 1.38 bits per heavy atom. The molecule has 0 spiro atoms. The minimum atomic E-state index is 0.321. The number of nitrogens with zero attached hydrogens (tertiary/aromatic N) is 3. The third-order valence-corrected chi connectivity index (χ3v) is 6.66. The van der Waals surface area contributed by atoms with Crippen LogP contribution in [0.4, 0.5) is 0 Å². The van der Waals surface area contributed by atoms with E-state index >= 15 is 0 Å². The molecular formula is C14H18N4OS2. The maximum atomic E-state index is 5.62. The molecule has 2 atom stereocenters. The molecule has 3 heterocycles. The minimum absolute atomic E-state index is 0.321. The van der Waals surface area contributed by atoms with Crippen molar-refractivity contribution in [2.75, 3.05) is 11.5 Å². The molecule has 2 aromatic rings. The van der Waals surface area contributed by atoms with Crippen molar-refractivity contribution < 1.29 is 4.52 Å². The van der Waals surface area contributed by atoms with Crippen molar-refractivity contribution in [1.29, 1.82) is 0 Å². The van der Waals surface area contributed by atoms with Gasteiger partial charge in [0.15, 0.2) is 5.82 Å². The standard InChI is InChI=1S/C14H18N4OS2/c1-2-11-12(21-6-5-20-11)13-17-14(19-18-13)9-3-4-16-10(7-9)8-15/h3-4,7,11-12H,2,5-6,8,15H2,1H3. The van der Waals surface area contributed by atoms with E-state index in [0.717, 1.165) is 29.3 Å². The van der Waals surface area contributed by atoms with Gasteiger partial charge in [-0.25, -0.2) is 0 Å². The van der Waals surface area contributed by atoms with Gasteiger partial charge in [0.2, 0.25) is 0 Å². The molecule has 0 aliphatic carbocycles. The van der Waals surface area contributed by atoms with Crippen LogP contribution in [0.2, 0.25) is 0 Å². The van der Waals surface area contributed by atoms with Crippen LogP contribution >= 0.6 is 23.5 Å². The van der Waals surface area contributed by atoms with Gasteiger partial charge in [-0.3, -0.25) is 4.98 Å². The number of thioether (sulfide) groups is 2. The third kappa shape index (κ3) is 3.25. The molecule has 0 amide bonds. The van der Waals surface area contributed by atoms with Gasteiger partial charge in [0.25, 0.3) is 5.89 Å². The van der Waals surface area contributed by atoms with E-state index in [1.807, 2.05) is 35.7 Å². The minimum Gasteiger partial charge on any atom is -0.334 e. The zero-order chi connectivity index (χ0) is 14.7. The largest absolute Gasteiger partial charge is 0.334 e. The molecule has 0 aromatic carbocycles. The van der Waals surface area contributed by atoms with E-state index in [-0.39, 0.29) is 0 Å². The van der Waals surface area contributed by atoms with Crippen LogP contribution in [0.25, 0.3) is 11.5 Å². The fourth-order valence-corrected chi connectivity index (χ4v) is 5.31. The van der Waals surface area contributed by atoms with E-state index in [4.69, 9.17) is 10.3 Å². The Hall–Kier alpha value is -1.05. The maximum absolute atomic E-state index is 5.62. The molecule has 1 fully saturated rings. The van der Waals surface area contributed by atoms with E-state index in [2.05, 4.69) is 22.0 Å². The molecule has 1 aliphatic rings. The molecule has 2 aromatic heterocycles. The first-order valence-corrected chi connectivity index (χ1v) is 9.13. The zero-order valence-corrected chi connectivity index (χ0v) is 13.5. The maximum Gasteiger partial charge on any atom is 0.258 e. The quantitative estimate of drug-likeness (QED) is 0.927. The topological polar surface area (TPSA) is 77.8 Å². The molecule has 112 valence electrons. The SMILES string of the molecule is CCC1SCCSC1c1noc(-c2ccnc(CN)c2)n1. The van der Waals surface area contributed by atoms with Crippen LogP contribution in [0.5, 0.6) is 0 Å². The zero-order valence-electron chi connectivity index (χ0n) is 11.9. The summed E-state index contributed by atoms with van der Waals surface area (Å²) >= 11 is 3.94. The molecule has 2 N–H and O–H groups in total.